The predicted molar refractivity (Wildman–Crippen MR) is 61.7 cm³/mol. The predicted octanol–water partition coefficient (Wildman–Crippen LogP) is 2.43. The number of hydrogen-bond acceptors (Lipinski definition) is 1. The molecule has 3 rings (SSSR count). The number of nitrogens with zero attached hydrogens (tertiary/aromatic N) is 1. The number of aliphatic imine (C=N–C) groups is 1. The first-order valence-electron chi connectivity index (χ1n) is 5.70. The molecule has 2 nitrogen and oxygen atoms in total. The second kappa shape index (κ2) is 3.02. The smallest absolute Gasteiger partial charge is 0.193 e. The van der Waals surface area contributed by atoms with E-state index in [0.717, 1.165) is 5.11 Å². The molecule has 0 aromatic heterocycles. The lowest BCUT2D eigenvalue weighted by molar-refractivity contribution is 0.300. The van der Waals surface area contributed by atoms with E-state index in [1.165, 1.54) is 50.7 Å². The van der Waals surface area contributed by atoms with Crippen LogP contribution in [0.2, 0.25) is 0 Å². The number of hydrogen-bond donors (Lipinski definition) is 1. The summed E-state index contributed by atoms with van der Waals surface area (Å²) in [6.45, 7) is 0. The van der Waals surface area contributed by atoms with E-state index >= 15 is 0 Å². The molecule has 2 saturated carbocycles. The molecule has 76 valence electrons. The van der Waals surface area contributed by atoms with Crippen LogP contribution in [0.3, 0.4) is 0 Å². The topological polar surface area (TPSA) is 24.4 Å². The van der Waals surface area contributed by atoms with Gasteiger partial charge in [-0.25, -0.2) is 4.99 Å². The zero-order chi connectivity index (χ0) is 9.60. The first-order chi connectivity index (χ1) is 6.80. The minimum atomic E-state index is 0.324. The molecule has 1 spiro atoms. The van der Waals surface area contributed by atoms with Gasteiger partial charge < -0.3 is 5.32 Å². The fraction of sp³-hybridized carbons (Fsp3) is 0.818. The van der Waals surface area contributed by atoms with Crippen LogP contribution in [0, 0.1) is 5.92 Å². The van der Waals surface area contributed by atoms with Crippen molar-refractivity contribution in [3.05, 3.63) is 0 Å². The Bertz CT molecular complexity index is 302. The molecule has 3 aliphatic rings. The van der Waals surface area contributed by atoms with Crippen molar-refractivity contribution < 1.29 is 0 Å². The molecule has 2 fully saturated rings. The van der Waals surface area contributed by atoms with Crippen LogP contribution in [-0.4, -0.2) is 16.4 Å². The van der Waals surface area contributed by atoms with E-state index in [2.05, 4.69) is 10.3 Å². The Labute approximate surface area is 90.2 Å². The Morgan fingerprint density at radius 3 is 2.86 bits per heavy atom. The van der Waals surface area contributed by atoms with Gasteiger partial charge in [-0.2, -0.15) is 0 Å². The Balaban J connectivity index is 1.99. The summed E-state index contributed by atoms with van der Waals surface area (Å²) in [5.41, 5.74) is 1.72. The highest BCUT2D eigenvalue weighted by Crippen LogP contribution is 2.44. The SMILES string of the molecule is S=C1N=C2CCCC2C2(CCCC2)N1. The summed E-state index contributed by atoms with van der Waals surface area (Å²) in [6.07, 6.45) is 9.16. The minimum absolute atomic E-state index is 0.324. The molecule has 0 radical (unpaired) electrons. The zero-order valence-electron chi connectivity index (χ0n) is 8.38. The molecule has 0 aromatic rings. The minimum Gasteiger partial charge on any atom is -0.355 e. The van der Waals surface area contributed by atoms with Crippen molar-refractivity contribution in [1.29, 1.82) is 0 Å². The van der Waals surface area contributed by atoms with Gasteiger partial charge in [0.25, 0.3) is 0 Å². The fourth-order valence-corrected chi connectivity index (χ4v) is 3.82. The third kappa shape index (κ3) is 1.14. The van der Waals surface area contributed by atoms with E-state index in [1.54, 1.807) is 0 Å². The van der Waals surface area contributed by atoms with E-state index in [4.69, 9.17) is 12.2 Å². The molecule has 14 heavy (non-hydrogen) atoms. The maximum atomic E-state index is 5.24. The summed E-state index contributed by atoms with van der Waals surface area (Å²) in [5, 5.41) is 4.26. The van der Waals surface area contributed by atoms with Crippen LogP contribution in [0.4, 0.5) is 0 Å². The van der Waals surface area contributed by atoms with Crippen molar-refractivity contribution in [3.8, 4) is 0 Å². The van der Waals surface area contributed by atoms with E-state index in [0.29, 0.717) is 11.5 Å². The van der Waals surface area contributed by atoms with Crippen LogP contribution in [0.1, 0.15) is 44.9 Å². The molecule has 2 aliphatic carbocycles. The van der Waals surface area contributed by atoms with Gasteiger partial charge in [0.15, 0.2) is 5.11 Å². The van der Waals surface area contributed by atoms with Gasteiger partial charge in [-0.1, -0.05) is 12.8 Å². The van der Waals surface area contributed by atoms with Gasteiger partial charge in [-0.3, -0.25) is 0 Å². The monoisotopic (exact) mass is 208 g/mol. The van der Waals surface area contributed by atoms with E-state index in [9.17, 15) is 0 Å². The van der Waals surface area contributed by atoms with E-state index in [-0.39, 0.29) is 0 Å². The normalized spacial score (nSPS) is 34.1. The molecular formula is C11H16N2S. The van der Waals surface area contributed by atoms with Crippen molar-refractivity contribution in [1.82, 2.24) is 5.32 Å². The lowest BCUT2D eigenvalue weighted by atomic mass is 9.79. The summed E-state index contributed by atoms with van der Waals surface area (Å²) < 4.78 is 0. The highest BCUT2D eigenvalue weighted by Gasteiger charge is 2.47. The molecule has 1 N–H and O–H groups in total. The van der Waals surface area contributed by atoms with Crippen molar-refractivity contribution in [2.75, 3.05) is 0 Å². The average molecular weight is 208 g/mol. The standard InChI is InChI=1S/C11H16N2S/c14-10-12-9-5-3-4-8(9)11(13-10)6-1-2-7-11/h8H,1-7H2,(H,13,14). The number of nitrogens with one attached hydrogen (secondary N) is 1. The van der Waals surface area contributed by atoms with Crippen LogP contribution in [0.5, 0.6) is 0 Å². The first kappa shape index (κ1) is 8.84. The Morgan fingerprint density at radius 1 is 1.29 bits per heavy atom. The van der Waals surface area contributed by atoms with Gasteiger partial charge in [0.05, 0.1) is 0 Å². The van der Waals surface area contributed by atoms with Crippen molar-refractivity contribution in [2.24, 2.45) is 10.9 Å². The van der Waals surface area contributed by atoms with Gasteiger partial charge in [-0.15, -0.1) is 0 Å². The largest absolute Gasteiger partial charge is 0.355 e. The Hall–Kier alpha value is -0.440. The van der Waals surface area contributed by atoms with E-state index < -0.39 is 0 Å². The van der Waals surface area contributed by atoms with Crippen LogP contribution >= 0.6 is 12.2 Å². The zero-order valence-corrected chi connectivity index (χ0v) is 9.20. The molecule has 1 unspecified atom stereocenters. The maximum absolute atomic E-state index is 5.24. The van der Waals surface area contributed by atoms with Crippen LogP contribution < -0.4 is 5.32 Å². The molecule has 3 heteroatoms. The van der Waals surface area contributed by atoms with Gasteiger partial charge in [0, 0.05) is 17.2 Å². The molecule has 1 atom stereocenters. The molecule has 1 aliphatic heterocycles. The fourth-order valence-electron chi connectivity index (χ4n) is 3.50. The van der Waals surface area contributed by atoms with Crippen LogP contribution in [0.15, 0.2) is 4.99 Å². The summed E-state index contributed by atoms with van der Waals surface area (Å²) in [7, 11) is 0. The quantitative estimate of drug-likeness (QED) is 0.618. The third-order valence-electron chi connectivity index (χ3n) is 4.09. The molecule has 0 aromatic carbocycles. The van der Waals surface area contributed by atoms with Crippen molar-refractivity contribution >= 4 is 23.0 Å². The first-order valence-corrected chi connectivity index (χ1v) is 6.11. The third-order valence-corrected chi connectivity index (χ3v) is 4.29. The number of rotatable bonds is 0. The second-order valence-corrected chi connectivity index (χ2v) is 5.23. The van der Waals surface area contributed by atoms with Crippen LogP contribution in [-0.2, 0) is 0 Å². The van der Waals surface area contributed by atoms with Gasteiger partial charge in [0.2, 0.25) is 0 Å². The van der Waals surface area contributed by atoms with Gasteiger partial charge >= 0.3 is 0 Å². The lowest BCUT2D eigenvalue weighted by Crippen LogP contribution is -2.55. The van der Waals surface area contributed by atoms with Crippen molar-refractivity contribution in [2.45, 2.75) is 50.5 Å². The summed E-state index contributed by atoms with van der Waals surface area (Å²) in [4.78, 5) is 4.50. The number of fused-ring (bicyclic) bond motifs is 2. The molecular weight excluding hydrogens is 192 g/mol. The lowest BCUT2D eigenvalue weighted by Gasteiger charge is -2.40. The van der Waals surface area contributed by atoms with E-state index in [1.807, 2.05) is 0 Å². The molecule has 0 bridgehead atoms. The van der Waals surface area contributed by atoms with Crippen molar-refractivity contribution in [3.63, 3.8) is 0 Å². The molecule has 1 heterocycles. The summed E-state index contributed by atoms with van der Waals surface area (Å²) in [6, 6.07) is 0. The number of thiocarbonyl (C=S) groups is 1. The molecule has 0 saturated heterocycles. The second-order valence-electron chi connectivity index (χ2n) is 4.84. The molecule has 0 amide bonds. The highest BCUT2D eigenvalue weighted by atomic mass is 32.1. The summed E-state index contributed by atoms with van der Waals surface area (Å²) >= 11 is 5.24. The maximum Gasteiger partial charge on any atom is 0.193 e. The summed E-state index contributed by atoms with van der Waals surface area (Å²) in [5.74, 6) is 0.705. The average Bonchev–Trinajstić information content (AvgIpc) is 2.73. The van der Waals surface area contributed by atoms with Crippen LogP contribution in [0.25, 0.3) is 0 Å². The Kier molecular flexibility index (Phi) is 1.91. The van der Waals surface area contributed by atoms with Gasteiger partial charge in [-0.05, 0) is 44.3 Å². The Morgan fingerprint density at radius 2 is 2.07 bits per heavy atom. The van der Waals surface area contributed by atoms with Gasteiger partial charge in [0.1, 0.15) is 0 Å². The highest BCUT2D eigenvalue weighted by molar-refractivity contribution is 7.80.